The molecule has 7 nitrogen and oxygen atoms in total. The molecular formula is C14H21N7. The molecule has 1 aromatic carbocycles. The van der Waals surface area contributed by atoms with Gasteiger partial charge in [0.1, 0.15) is 0 Å². The zero-order chi connectivity index (χ0) is 15.4. The molecule has 0 spiro atoms. The number of hydrazine groups is 1. The Kier molecular flexibility index (Phi) is 4.54. The van der Waals surface area contributed by atoms with Crippen LogP contribution >= 0.6 is 0 Å². The summed E-state index contributed by atoms with van der Waals surface area (Å²) in [5.41, 5.74) is 4.63. The number of nitrogen functional groups attached to an aromatic ring is 1. The topological polar surface area (TPSA) is 92.0 Å². The van der Waals surface area contributed by atoms with Crippen LogP contribution < -0.4 is 21.5 Å². The monoisotopic (exact) mass is 287 g/mol. The van der Waals surface area contributed by atoms with E-state index < -0.39 is 0 Å². The molecule has 0 unspecified atom stereocenters. The number of benzene rings is 1. The number of nitrogens with zero attached hydrogens (tertiary/aromatic N) is 4. The second-order valence-electron chi connectivity index (χ2n) is 5.23. The molecule has 0 bridgehead atoms. The molecule has 0 amide bonds. The molecule has 1 heterocycles. The first-order chi connectivity index (χ1) is 9.99. The fourth-order valence-corrected chi connectivity index (χ4v) is 1.79. The summed E-state index contributed by atoms with van der Waals surface area (Å²) in [6.07, 6.45) is 0. The first-order valence-corrected chi connectivity index (χ1v) is 6.76. The lowest BCUT2D eigenvalue weighted by molar-refractivity contribution is 0.867. The number of hydrogen-bond donors (Lipinski definition) is 3. The Morgan fingerprint density at radius 2 is 1.81 bits per heavy atom. The maximum absolute atomic E-state index is 5.40. The van der Waals surface area contributed by atoms with Crippen LogP contribution in [0.3, 0.4) is 0 Å². The first-order valence-electron chi connectivity index (χ1n) is 6.76. The highest BCUT2D eigenvalue weighted by molar-refractivity contribution is 5.56. The quantitative estimate of drug-likeness (QED) is 0.573. The van der Waals surface area contributed by atoms with Crippen molar-refractivity contribution in [3.8, 4) is 0 Å². The molecule has 0 saturated carbocycles. The molecule has 2 aromatic rings. The molecule has 21 heavy (non-hydrogen) atoms. The van der Waals surface area contributed by atoms with Crippen molar-refractivity contribution in [3.05, 3.63) is 29.8 Å². The van der Waals surface area contributed by atoms with Crippen molar-refractivity contribution in [2.24, 2.45) is 5.84 Å². The van der Waals surface area contributed by atoms with Crippen LogP contribution in [0, 0.1) is 0 Å². The molecule has 7 heteroatoms. The third-order valence-electron chi connectivity index (χ3n) is 2.96. The van der Waals surface area contributed by atoms with Crippen molar-refractivity contribution in [1.29, 1.82) is 0 Å². The maximum Gasteiger partial charge on any atom is 0.243 e. The molecule has 0 aliphatic carbocycles. The molecule has 0 radical (unpaired) electrons. The van der Waals surface area contributed by atoms with Crippen molar-refractivity contribution in [2.75, 3.05) is 29.7 Å². The van der Waals surface area contributed by atoms with Gasteiger partial charge in [0.05, 0.1) is 0 Å². The van der Waals surface area contributed by atoms with Gasteiger partial charge in [-0.2, -0.15) is 15.0 Å². The van der Waals surface area contributed by atoms with Gasteiger partial charge in [0, 0.05) is 19.8 Å². The molecule has 0 saturated heterocycles. The Hall–Kier alpha value is -2.41. The SMILES string of the molecule is CC(C)c1cccc(Nc2nc(NN)nc(N(C)C)n2)c1. The van der Waals surface area contributed by atoms with E-state index in [2.05, 4.69) is 51.7 Å². The Bertz CT molecular complexity index is 610. The fourth-order valence-electron chi connectivity index (χ4n) is 1.79. The Balaban J connectivity index is 2.30. The van der Waals surface area contributed by atoms with E-state index in [1.165, 1.54) is 5.56 Å². The van der Waals surface area contributed by atoms with E-state index in [4.69, 9.17) is 5.84 Å². The van der Waals surface area contributed by atoms with Gasteiger partial charge in [-0.1, -0.05) is 26.0 Å². The second kappa shape index (κ2) is 6.36. The number of hydrogen-bond acceptors (Lipinski definition) is 7. The van der Waals surface area contributed by atoms with E-state index >= 15 is 0 Å². The van der Waals surface area contributed by atoms with Gasteiger partial charge < -0.3 is 10.2 Å². The van der Waals surface area contributed by atoms with Crippen molar-refractivity contribution < 1.29 is 0 Å². The molecule has 4 N–H and O–H groups in total. The van der Waals surface area contributed by atoms with Crippen molar-refractivity contribution in [3.63, 3.8) is 0 Å². The van der Waals surface area contributed by atoms with Gasteiger partial charge in [-0.15, -0.1) is 0 Å². The van der Waals surface area contributed by atoms with Gasteiger partial charge in [0.25, 0.3) is 0 Å². The number of anilines is 4. The third-order valence-corrected chi connectivity index (χ3v) is 2.96. The van der Waals surface area contributed by atoms with Crippen LogP contribution in [0.1, 0.15) is 25.3 Å². The van der Waals surface area contributed by atoms with Gasteiger partial charge in [0.2, 0.25) is 17.8 Å². The average molecular weight is 287 g/mol. The molecule has 0 aliphatic rings. The van der Waals surface area contributed by atoms with E-state index in [1.54, 1.807) is 4.90 Å². The summed E-state index contributed by atoms with van der Waals surface area (Å²) in [5.74, 6) is 7.15. The van der Waals surface area contributed by atoms with E-state index in [9.17, 15) is 0 Å². The highest BCUT2D eigenvalue weighted by Crippen LogP contribution is 2.21. The molecule has 0 atom stereocenters. The van der Waals surface area contributed by atoms with Gasteiger partial charge >= 0.3 is 0 Å². The molecule has 0 aliphatic heterocycles. The first kappa shape index (κ1) is 15.0. The van der Waals surface area contributed by atoms with Crippen molar-refractivity contribution in [2.45, 2.75) is 19.8 Å². The van der Waals surface area contributed by atoms with Crippen molar-refractivity contribution in [1.82, 2.24) is 15.0 Å². The van der Waals surface area contributed by atoms with E-state index in [-0.39, 0.29) is 0 Å². The van der Waals surface area contributed by atoms with Gasteiger partial charge in [-0.3, -0.25) is 5.43 Å². The summed E-state index contributed by atoms with van der Waals surface area (Å²) in [7, 11) is 3.72. The smallest absolute Gasteiger partial charge is 0.243 e. The van der Waals surface area contributed by atoms with Crippen LogP contribution in [0.4, 0.5) is 23.5 Å². The second-order valence-corrected chi connectivity index (χ2v) is 5.23. The van der Waals surface area contributed by atoms with E-state index in [0.717, 1.165) is 5.69 Å². The minimum absolute atomic E-state index is 0.316. The Labute approximate surface area is 124 Å². The minimum Gasteiger partial charge on any atom is -0.347 e. The standard InChI is InChI=1S/C14H21N7/c1-9(2)10-6-5-7-11(8-10)16-12-17-13(20-15)19-14(18-12)21(3)4/h5-9H,15H2,1-4H3,(H2,16,17,18,19,20). The third kappa shape index (κ3) is 3.79. The predicted molar refractivity (Wildman–Crippen MR) is 85.8 cm³/mol. The summed E-state index contributed by atoms with van der Waals surface area (Å²) in [6.45, 7) is 4.31. The molecule has 2 rings (SSSR count). The highest BCUT2D eigenvalue weighted by Gasteiger charge is 2.08. The maximum atomic E-state index is 5.40. The number of nitrogens with one attached hydrogen (secondary N) is 2. The van der Waals surface area contributed by atoms with E-state index in [0.29, 0.717) is 23.8 Å². The summed E-state index contributed by atoms with van der Waals surface area (Å²) in [6, 6.07) is 8.16. The van der Waals surface area contributed by atoms with Crippen LogP contribution in [-0.4, -0.2) is 29.0 Å². The number of rotatable bonds is 5. The Morgan fingerprint density at radius 3 is 2.43 bits per heavy atom. The van der Waals surface area contributed by atoms with Crippen LogP contribution in [0.5, 0.6) is 0 Å². The van der Waals surface area contributed by atoms with Crippen LogP contribution in [0.25, 0.3) is 0 Å². The molecule has 1 aromatic heterocycles. The summed E-state index contributed by atoms with van der Waals surface area (Å²) in [4.78, 5) is 14.5. The lowest BCUT2D eigenvalue weighted by Crippen LogP contribution is -2.18. The van der Waals surface area contributed by atoms with Gasteiger partial charge in [-0.05, 0) is 23.6 Å². The molecular weight excluding hydrogens is 266 g/mol. The predicted octanol–water partition coefficient (Wildman–Crippen LogP) is 2.09. The highest BCUT2D eigenvalue weighted by atomic mass is 15.4. The van der Waals surface area contributed by atoms with Crippen LogP contribution in [-0.2, 0) is 0 Å². The molecule has 112 valence electrons. The largest absolute Gasteiger partial charge is 0.347 e. The van der Waals surface area contributed by atoms with Gasteiger partial charge in [0.15, 0.2) is 0 Å². The van der Waals surface area contributed by atoms with Crippen LogP contribution in [0.2, 0.25) is 0 Å². The Morgan fingerprint density at radius 1 is 1.10 bits per heavy atom. The fraction of sp³-hybridized carbons (Fsp3) is 0.357. The average Bonchev–Trinajstić information content (AvgIpc) is 2.47. The summed E-state index contributed by atoms with van der Waals surface area (Å²) >= 11 is 0. The lowest BCUT2D eigenvalue weighted by Gasteiger charge is -2.14. The normalized spacial score (nSPS) is 10.6. The summed E-state index contributed by atoms with van der Waals surface area (Å²) < 4.78 is 0. The zero-order valence-electron chi connectivity index (χ0n) is 12.8. The lowest BCUT2D eigenvalue weighted by atomic mass is 10.0. The van der Waals surface area contributed by atoms with Gasteiger partial charge in [-0.25, -0.2) is 5.84 Å². The van der Waals surface area contributed by atoms with E-state index in [1.807, 2.05) is 26.2 Å². The van der Waals surface area contributed by atoms with Crippen LogP contribution in [0.15, 0.2) is 24.3 Å². The van der Waals surface area contributed by atoms with Crippen molar-refractivity contribution >= 4 is 23.5 Å². The molecule has 0 fully saturated rings. The number of aromatic nitrogens is 3. The summed E-state index contributed by atoms with van der Waals surface area (Å²) in [5, 5.41) is 3.18. The minimum atomic E-state index is 0.316. The zero-order valence-corrected chi connectivity index (χ0v) is 12.8. The number of nitrogens with two attached hydrogens (primary N) is 1.